The van der Waals surface area contributed by atoms with Gasteiger partial charge in [-0.05, 0) is 12.1 Å². The molecular weight excluding hydrogens is 262 g/mol. The summed E-state index contributed by atoms with van der Waals surface area (Å²) in [7, 11) is -2.70. The molecule has 7 nitrogen and oxygen atoms in total. The van der Waals surface area contributed by atoms with Gasteiger partial charge >= 0.3 is 5.97 Å². The molecule has 96 valence electrons. The van der Waals surface area contributed by atoms with E-state index in [1.807, 2.05) is 0 Å². The van der Waals surface area contributed by atoms with Crippen LogP contribution < -0.4 is 0 Å². The fourth-order valence-electron chi connectivity index (χ4n) is 1.05. The summed E-state index contributed by atoms with van der Waals surface area (Å²) in [5.41, 5.74) is -0.217. The minimum atomic E-state index is -3.81. The molecule has 0 aliphatic heterocycles. The molecule has 0 radical (unpaired) electrons. The molecule has 0 saturated carbocycles. The van der Waals surface area contributed by atoms with E-state index in [1.54, 1.807) is 0 Å². The Bertz CT molecular complexity index is 587. The molecule has 0 unspecified atom stereocenters. The van der Waals surface area contributed by atoms with Crippen LogP contribution in [0.2, 0.25) is 0 Å². The van der Waals surface area contributed by atoms with Crippen molar-refractivity contribution in [1.29, 1.82) is 0 Å². The Balaban J connectivity index is 3.03. The smallest absolute Gasteiger partial charge is 0.331 e. The predicted octanol–water partition coefficient (Wildman–Crippen LogP) is 1.06. The van der Waals surface area contributed by atoms with Crippen molar-refractivity contribution in [2.75, 3.05) is 7.11 Å². The summed E-state index contributed by atoms with van der Waals surface area (Å²) in [6.07, 6.45) is 0.761. The van der Waals surface area contributed by atoms with E-state index in [1.165, 1.54) is 0 Å². The number of esters is 1. The molecule has 0 heterocycles. The maximum absolute atomic E-state index is 11.7. The first-order valence-corrected chi connectivity index (χ1v) is 6.17. The molecule has 0 saturated heterocycles. The zero-order chi connectivity index (χ0) is 13.8. The second kappa shape index (κ2) is 5.41. The third kappa shape index (κ3) is 3.39. The summed E-state index contributed by atoms with van der Waals surface area (Å²) < 4.78 is 27.6. The van der Waals surface area contributed by atoms with E-state index in [-0.39, 0.29) is 10.6 Å². The van der Waals surface area contributed by atoms with Crippen molar-refractivity contribution in [1.82, 2.24) is 0 Å². The van der Waals surface area contributed by atoms with Gasteiger partial charge in [0.1, 0.15) is 0 Å². The van der Waals surface area contributed by atoms with Crippen LogP contribution in [0.15, 0.2) is 40.6 Å². The van der Waals surface area contributed by atoms with Crippen molar-refractivity contribution < 1.29 is 22.9 Å². The standard InChI is InChI=1S/C10H9NO6S/c1-17-10(12)6-7-18(15,16)9-4-2-8(3-5-9)11(13)14/h2-7H,1H3. The number of hydrogen-bond donors (Lipinski definition) is 0. The molecule has 0 aliphatic rings. The molecule has 1 rings (SSSR count). The number of methoxy groups -OCH3 is 1. The predicted molar refractivity (Wildman–Crippen MR) is 61.4 cm³/mol. The average molecular weight is 271 g/mol. The van der Waals surface area contributed by atoms with Gasteiger partial charge in [-0.2, -0.15) is 0 Å². The van der Waals surface area contributed by atoms with Crippen LogP contribution in [0, 0.1) is 10.1 Å². The normalized spacial score (nSPS) is 11.4. The molecule has 0 amide bonds. The van der Waals surface area contributed by atoms with Gasteiger partial charge in [0.15, 0.2) is 9.84 Å². The minimum Gasteiger partial charge on any atom is -0.466 e. The number of nitro groups is 1. The van der Waals surface area contributed by atoms with Crippen LogP contribution in [-0.2, 0) is 19.4 Å². The van der Waals surface area contributed by atoms with Crippen molar-refractivity contribution in [2.45, 2.75) is 4.90 Å². The van der Waals surface area contributed by atoms with Gasteiger partial charge in [0.05, 0.1) is 16.9 Å². The zero-order valence-electron chi connectivity index (χ0n) is 9.27. The minimum absolute atomic E-state index is 0.145. The van der Waals surface area contributed by atoms with Gasteiger partial charge in [0.2, 0.25) is 0 Å². The number of nitro benzene ring substituents is 1. The Morgan fingerprint density at radius 2 is 1.89 bits per heavy atom. The van der Waals surface area contributed by atoms with Gasteiger partial charge in [0, 0.05) is 23.6 Å². The highest BCUT2D eigenvalue weighted by atomic mass is 32.2. The third-order valence-corrected chi connectivity index (χ3v) is 3.38. The highest BCUT2D eigenvalue weighted by molar-refractivity contribution is 7.94. The first-order chi connectivity index (χ1) is 8.36. The monoisotopic (exact) mass is 271 g/mol. The summed E-state index contributed by atoms with van der Waals surface area (Å²) in [5, 5.41) is 11.1. The van der Waals surface area contributed by atoms with Gasteiger partial charge in [-0.1, -0.05) is 0 Å². The number of sulfone groups is 1. The molecule has 0 spiro atoms. The number of non-ortho nitro benzene ring substituents is 1. The Morgan fingerprint density at radius 3 is 2.33 bits per heavy atom. The summed E-state index contributed by atoms with van der Waals surface area (Å²) in [6, 6.07) is 4.32. The van der Waals surface area contributed by atoms with E-state index in [4.69, 9.17) is 0 Å². The van der Waals surface area contributed by atoms with Crippen LogP contribution in [-0.4, -0.2) is 26.4 Å². The number of nitrogens with zero attached hydrogens (tertiary/aromatic N) is 1. The molecule has 0 atom stereocenters. The lowest BCUT2D eigenvalue weighted by Gasteiger charge is -1.98. The molecule has 0 bridgehead atoms. The fraction of sp³-hybridized carbons (Fsp3) is 0.100. The lowest BCUT2D eigenvalue weighted by atomic mass is 10.3. The number of benzene rings is 1. The summed E-state index contributed by atoms with van der Waals surface area (Å²) in [5.74, 6) is -0.805. The highest BCUT2D eigenvalue weighted by Gasteiger charge is 2.13. The second-order valence-corrected chi connectivity index (χ2v) is 4.96. The number of hydrogen-bond acceptors (Lipinski definition) is 6. The Hall–Kier alpha value is -2.22. The quantitative estimate of drug-likeness (QED) is 0.351. The third-order valence-electron chi connectivity index (χ3n) is 1.96. The number of ether oxygens (including phenoxy) is 1. The Kier molecular flexibility index (Phi) is 4.16. The maximum Gasteiger partial charge on any atom is 0.331 e. The zero-order valence-corrected chi connectivity index (χ0v) is 10.1. The van der Waals surface area contributed by atoms with E-state index in [0.717, 1.165) is 37.5 Å². The lowest BCUT2D eigenvalue weighted by molar-refractivity contribution is -0.384. The van der Waals surface area contributed by atoms with Crippen LogP contribution in [0.4, 0.5) is 5.69 Å². The van der Waals surface area contributed by atoms with Gasteiger partial charge < -0.3 is 4.74 Å². The molecule has 8 heteroatoms. The summed E-state index contributed by atoms with van der Waals surface area (Å²) >= 11 is 0. The maximum atomic E-state index is 11.7. The van der Waals surface area contributed by atoms with E-state index in [0.29, 0.717) is 5.41 Å². The summed E-state index contributed by atoms with van der Waals surface area (Å²) in [6.45, 7) is 0. The largest absolute Gasteiger partial charge is 0.466 e. The lowest BCUT2D eigenvalue weighted by Crippen LogP contribution is -2.00. The number of carbonyl (C=O) groups is 1. The second-order valence-electron chi connectivity index (χ2n) is 3.12. The molecule has 18 heavy (non-hydrogen) atoms. The van der Waals surface area contributed by atoms with Crippen molar-refractivity contribution in [3.05, 3.63) is 45.9 Å². The van der Waals surface area contributed by atoms with Gasteiger partial charge in [-0.15, -0.1) is 0 Å². The van der Waals surface area contributed by atoms with Crippen molar-refractivity contribution in [2.24, 2.45) is 0 Å². The van der Waals surface area contributed by atoms with Crippen molar-refractivity contribution in [3.63, 3.8) is 0 Å². The fourth-order valence-corrected chi connectivity index (χ4v) is 2.01. The molecule has 0 aromatic heterocycles. The van der Waals surface area contributed by atoms with Crippen LogP contribution in [0.5, 0.6) is 0 Å². The molecule has 1 aromatic carbocycles. The van der Waals surface area contributed by atoms with Crippen LogP contribution in [0.25, 0.3) is 0 Å². The van der Waals surface area contributed by atoms with E-state index < -0.39 is 20.7 Å². The number of carbonyl (C=O) groups excluding carboxylic acids is 1. The van der Waals surface area contributed by atoms with E-state index in [9.17, 15) is 23.3 Å². The first kappa shape index (κ1) is 13.8. The van der Waals surface area contributed by atoms with Crippen molar-refractivity contribution >= 4 is 21.5 Å². The van der Waals surface area contributed by atoms with E-state index in [2.05, 4.69) is 4.74 Å². The summed E-state index contributed by atoms with van der Waals surface area (Å²) in [4.78, 5) is 20.4. The van der Waals surface area contributed by atoms with Crippen LogP contribution in [0.1, 0.15) is 0 Å². The Morgan fingerprint density at radius 1 is 1.33 bits per heavy atom. The number of rotatable bonds is 4. The average Bonchev–Trinajstić information content (AvgIpc) is 2.36. The van der Waals surface area contributed by atoms with Crippen molar-refractivity contribution in [3.8, 4) is 0 Å². The van der Waals surface area contributed by atoms with Crippen LogP contribution in [0.3, 0.4) is 0 Å². The first-order valence-electron chi connectivity index (χ1n) is 4.62. The van der Waals surface area contributed by atoms with Gasteiger partial charge in [-0.3, -0.25) is 10.1 Å². The van der Waals surface area contributed by atoms with Gasteiger partial charge in [-0.25, -0.2) is 13.2 Å². The molecule has 1 aromatic rings. The van der Waals surface area contributed by atoms with E-state index >= 15 is 0 Å². The Labute approximate surface area is 103 Å². The molecule has 0 aliphatic carbocycles. The molecule has 0 N–H and O–H groups in total. The molecule has 0 fully saturated rings. The van der Waals surface area contributed by atoms with Crippen LogP contribution >= 0.6 is 0 Å². The SMILES string of the molecule is COC(=O)C=CS(=O)(=O)c1ccc([N+](=O)[O-])cc1. The topological polar surface area (TPSA) is 104 Å². The highest BCUT2D eigenvalue weighted by Crippen LogP contribution is 2.17. The molecular formula is C10H9NO6S. The van der Waals surface area contributed by atoms with Gasteiger partial charge in [0.25, 0.3) is 5.69 Å².